The van der Waals surface area contributed by atoms with E-state index in [-0.39, 0.29) is 12.1 Å². The van der Waals surface area contributed by atoms with Crippen molar-refractivity contribution in [2.24, 2.45) is 11.5 Å². The Hall–Kier alpha value is -3.20. The number of rotatable bonds is 4. The summed E-state index contributed by atoms with van der Waals surface area (Å²) in [6, 6.07) is 6.02. The molecular formula is C21H26N8O. The number of nitrogens with zero attached hydrogens (tertiary/aromatic N) is 5. The summed E-state index contributed by atoms with van der Waals surface area (Å²) >= 11 is 0. The van der Waals surface area contributed by atoms with Crippen molar-refractivity contribution in [1.29, 1.82) is 0 Å². The van der Waals surface area contributed by atoms with E-state index < -0.39 is 5.91 Å². The third-order valence-electron chi connectivity index (χ3n) is 6.43. The largest absolute Gasteiger partial charge is 0.366 e. The zero-order valence-corrected chi connectivity index (χ0v) is 17.0. The Morgan fingerprint density at radius 1 is 1.30 bits per heavy atom. The summed E-state index contributed by atoms with van der Waals surface area (Å²) in [5.41, 5.74) is 15.7. The van der Waals surface area contributed by atoms with E-state index in [4.69, 9.17) is 16.5 Å². The Bertz CT molecular complexity index is 1110. The van der Waals surface area contributed by atoms with Gasteiger partial charge in [0, 0.05) is 36.9 Å². The maximum absolute atomic E-state index is 11.8. The summed E-state index contributed by atoms with van der Waals surface area (Å²) in [6.07, 6.45) is 7.01. The number of fused-ring (bicyclic) bond motifs is 2. The van der Waals surface area contributed by atoms with Crippen LogP contribution in [0.5, 0.6) is 0 Å². The third kappa shape index (κ3) is 2.97. The minimum Gasteiger partial charge on any atom is -0.366 e. The maximum Gasteiger partial charge on any atom is 0.249 e. The molecule has 2 atom stereocenters. The molecule has 1 aliphatic heterocycles. The average Bonchev–Trinajstić information content (AvgIpc) is 3.36. The summed E-state index contributed by atoms with van der Waals surface area (Å²) < 4.78 is 0. The van der Waals surface area contributed by atoms with Crippen LogP contribution in [0.15, 0.2) is 24.4 Å². The molecule has 2 aliphatic rings. The Morgan fingerprint density at radius 3 is 2.93 bits per heavy atom. The molecule has 0 saturated heterocycles. The number of hydrogen-bond donors (Lipinski definition) is 3. The van der Waals surface area contributed by atoms with Gasteiger partial charge in [0.05, 0.1) is 6.20 Å². The number of nitrogens with one attached hydrogen (secondary N) is 1. The molecule has 0 spiro atoms. The topological polar surface area (TPSA) is 130 Å². The van der Waals surface area contributed by atoms with Crippen LogP contribution in [0.2, 0.25) is 0 Å². The summed E-state index contributed by atoms with van der Waals surface area (Å²) in [4.78, 5) is 25.4. The predicted octanol–water partition coefficient (Wildman–Crippen LogP) is 1.85. The fraction of sp³-hybridized carbons (Fsp3) is 0.429. The number of hydrogen-bond acceptors (Lipinski definition) is 7. The van der Waals surface area contributed by atoms with Gasteiger partial charge in [-0.1, -0.05) is 18.9 Å². The number of benzene rings is 1. The van der Waals surface area contributed by atoms with E-state index >= 15 is 0 Å². The second kappa shape index (κ2) is 7.24. The lowest BCUT2D eigenvalue weighted by Gasteiger charge is -2.36. The summed E-state index contributed by atoms with van der Waals surface area (Å²) in [7, 11) is 2.03. The van der Waals surface area contributed by atoms with Crippen LogP contribution < -0.4 is 21.3 Å². The molecule has 0 bridgehead atoms. The molecule has 5 rings (SSSR count). The van der Waals surface area contributed by atoms with Gasteiger partial charge in [-0.2, -0.15) is 5.10 Å². The molecule has 0 radical (unpaired) electrons. The van der Waals surface area contributed by atoms with Crippen LogP contribution in [0.1, 0.15) is 41.6 Å². The number of carbonyl (C=O) groups is 1. The summed E-state index contributed by atoms with van der Waals surface area (Å²) in [5.74, 6) is 1.09. The second-order valence-electron chi connectivity index (χ2n) is 8.17. The van der Waals surface area contributed by atoms with Gasteiger partial charge in [-0.05, 0) is 37.0 Å². The molecule has 1 aliphatic carbocycles. The van der Waals surface area contributed by atoms with Crippen LogP contribution in [0.4, 0.5) is 17.3 Å². The van der Waals surface area contributed by atoms with Crippen LogP contribution in [-0.2, 0) is 6.42 Å². The molecule has 1 aromatic carbocycles. The van der Waals surface area contributed by atoms with Crippen molar-refractivity contribution in [3.8, 4) is 0 Å². The van der Waals surface area contributed by atoms with Crippen molar-refractivity contribution >= 4 is 34.4 Å². The number of nitrogens with two attached hydrogens (primary N) is 2. The van der Waals surface area contributed by atoms with Gasteiger partial charge < -0.3 is 21.3 Å². The van der Waals surface area contributed by atoms with Crippen LogP contribution in [0.25, 0.3) is 11.2 Å². The lowest BCUT2D eigenvalue weighted by molar-refractivity contribution is 0.0999. The molecule has 3 heterocycles. The van der Waals surface area contributed by atoms with Crippen molar-refractivity contribution in [2.75, 3.05) is 23.4 Å². The van der Waals surface area contributed by atoms with Gasteiger partial charge in [-0.15, -0.1) is 0 Å². The molecule has 0 unspecified atom stereocenters. The lowest BCUT2D eigenvalue weighted by Crippen LogP contribution is -2.48. The highest BCUT2D eigenvalue weighted by Gasteiger charge is 2.29. The first-order chi connectivity index (χ1) is 14.5. The number of aromatic nitrogens is 4. The second-order valence-corrected chi connectivity index (χ2v) is 8.17. The van der Waals surface area contributed by atoms with Gasteiger partial charge in [-0.3, -0.25) is 9.89 Å². The Kier molecular flexibility index (Phi) is 4.54. The monoisotopic (exact) mass is 406 g/mol. The van der Waals surface area contributed by atoms with E-state index in [0.717, 1.165) is 36.3 Å². The van der Waals surface area contributed by atoms with Gasteiger partial charge in [0.2, 0.25) is 5.91 Å². The SMILES string of the molecule is CN(c1cnc2c(N3CCc4c(C(N)=O)cccc43)n[nH]c2n1)[C@@H]1CCCC[C@@H]1N. The number of anilines is 3. The standard InChI is InChI=1S/C21H26N8O/c1-28(16-7-3-2-6-14(16)22)17-11-24-18-20(25-17)26-27-21(18)29-10-9-12-13(19(23)30)5-4-8-15(12)29/h4-5,8,11,14,16H,2-3,6-7,9-10,22H2,1H3,(H2,23,30)(H,25,26,27)/t14-,16+/m0/s1. The molecule has 9 heteroatoms. The van der Waals surface area contributed by atoms with Crippen molar-refractivity contribution in [1.82, 2.24) is 20.2 Å². The molecule has 3 aromatic rings. The van der Waals surface area contributed by atoms with Gasteiger partial charge >= 0.3 is 0 Å². The normalized spacial score (nSPS) is 21.1. The lowest BCUT2D eigenvalue weighted by atomic mass is 9.90. The van der Waals surface area contributed by atoms with Gasteiger partial charge in [0.25, 0.3) is 0 Å². The van der Waals surface area contributed by atoms with Crippen molar-refractivity contribution in [3.05, 3.63) is 35.5 Å². The molecule has 1 fully saturated rings. The highest BCUT2D eigenvalue weighted by atomic mass is 16.1. The maximum atomic E-state index is 11.8. The van der Waals surface area contributed by atoms with E-state index in [1.54, 1.807) is 12.3 Å². The van der Waals surface area contributed by atoms with Gasteiger partial charge in [0.1, 0.15) is 5.82 Å². The molecule has 1 amide bonds. The minimum absolute atomic E-state index is 0.152. The average molecular weight is 406 g/mol. The number of carbonyl (C=O) groups excluding carboxylic acids is 1. The van der Waals surface area contributed by atoms with Crippen LogP contribution in [0, 0.1) is 0 Å². The van der Waals surface area contributed by atoms with Crippen LogP contribution >= 0.6 is 0 Å². The predicted molar refractivity (Wildman–Crippen MR) is 116 cm³/mol. The molecule has 30 heavy (non-hydrogen) atoms. The number of aromatic amines is 1. The molecule has 9 nitrogen and oxygen atoms in total. The smallest absolute Gasteiger partial charge is 0.249 e. The molecule has 2 aromatic heterocycles. The van der Waals surface area contributed by atoms with Crippen LogP contribution in [-0.4, -0.2) is 51.7 Å². The quantitative estimate of drug-likeness (QED) is 0.603. The number of primary amides is 1. The Balaban J connectivity index is 1.48. The molecule has 156 valence electrons. The first-order valence-corrected chi connectivity index (χ1v) is 10.4. The zero-order chi connectivity index (χ0) is 20.8. The van der Waals surface area contributed by atoms with E-state index in [0.29, 0.717) is 29.1 Å². The fourth-order valence-corrected chi connectivity index (χ4v) is 4.81. The van der Waals surface area contributed by atoms with Crippen LogP contribution in [0.3, 0.4) is 0 Å². The molecule has 5 N–H and O–H groups in total. The van der Waals surface area contributed by atoms with Gasteiger partial charge in [-0.25, -0.2) is 9.97 Å². The zero-order valence-electron chi connectivity index (χ0n) is 17.0. The Labute approximate surface area is 174 Å². The van der Waals surface area contributed by atoms with E-state index in [9.17, 15) is 4.79 Å². The van der Waals surface area contributed by atoms with Gasteiger partial charge in [0.15, 0.2) is 17.0 Å². The highest BCUT2D eigenvalue weighted by Crippen LogP contribution is 2.37. The first kappa shape index (κ1) is 18.8. The van der Waals surface area contributed by atoms with E-state index in [2.05, 4.69) is 25.0 Å². The molecular weight excluding hydrogens is 380 g/mol. The third-order valence-corrected chi connectivity index (χ3v) is 6.43. The van der Waals surface area contributed by atoms with Crippen molar-refractivity contribution in [3.63, 3.8) is 0 Å². The minimum atomic E-state index is -0.408. The Morgan fingerprint density at radius 2 is 2.13 bits per heavy atom. The molecule has 1 saturated carbocycles. The number of H-pyrrole nitrogens is 1. The van der Waals surface area contributed by atoms with E-state index in [1.807, 2.05) is 19.2 Å². The summed E-state index contributed by atoms with van der Waals surface area (Å²) in [6.45, 7) is 0.708. The van der Waals surface area contributed by atoms with Crippen molar-refractivity contribution in [2.45, 2.75) is 44.2 Å². The first-order valence-electron chi connectivity index (χ1n) is 10.4. The fourth-order valence-electron chi connectivity index (χ4n) is 4.81. The highest BCUT2D eigenvalue weighted by molar-refractivity contribution is 5.97. The van der Waals surface area contributed by atoms with E-state index in [1.165, 1.54) is 12.8 Å². The van der Waals surface area contributed by atoms with Crippen molar-refractivity contribution < 1.29 is 4.79 Å². The summed E-state index contributed by atoms with van der Waals surface area (Å²) in [5, 5.41) is 7.52. The number of likely N-dealkylation sites (N-methyl/N-ethyl adjacent to an activating group) is 1. The number of amides is 1.